The third-order valence-electron chi connectivity index (χ3n) is 4.27. The number of urea groups is 1. The molecule has 1 aromatic carbocycles. The second-order valence-corrected chi connectivity index (χ2v) is 6.16. The molecule has 0 bridgehead atoms. The number of H-pyrrole nitrogens is 1. The Kier molecular flexibility index (Phi) is 5.35. The first-order valence-corrected chi connectivity index (χ1v) is 8.74. The van der Waals surface area contributed by atoms with Crippen LogP contribution in [0.1, 0.15) is 32.4 Å². The summed E-state index contributed by atoms with van der Waals surface area (Å²) >= 11 is 0. The molecule has 3 rings (SSSR count). The van der Waals surface area contributed by atoms with E-state index in [1.165, 1.54) is 6.92 Å². The van der Waals surface area contributed by atoms with Crippen LogP contribution < -0.4 is 15.5 Å². The van der Waals surface area contributed by atoms with Crippen molar-refractivity contribution in [2.75, 3.05) is 16.8 Å². The van der Waals surface area contributed by atoms with Gasteiger partial charge < -0.3 is 5.32 Å². The standard InChI is InChI=1S/C19H22N6O2/c1-4-25(13(3)26)18-15-11-20-17(10-16(15)23-24-18)22-19(27)21-12(2)14-8-6-5-7-9-14/h5-12H,4H2,1-3H3,(H,23,24)(H2,20,21,22,27). The van der Waals surface area contributed by atoms with Gasteiger partial charge in [0.2, 0.25) is 5.91 Å². The lowest BCUT2D eigenvalue weighted by atomic mass is 10.1. The van der Waals surface area contributed by atoms with Crippen LogP contribution in [0.5, 0.6) is 0 Å². The van der Waals surface area contributed by atoms with Gasteiger partial charge in [-0.25, -0.2) is 9.78 Å². The van der Waals surface area contributed by atoms with Crippen LogP contribution >= 0.6 is 0 Å². The molecule has 0 spiro atoms. The van der Waals surface area contributed by atoms with Crippen molar-refractivity contribution < 1.29 is 9.59 Å². The molecule has 0 saturated heterocycles. The molecule has 2 aromatic heterocycles. The second kappa shape index (κ2) is 7.86. The summed E-state index contributed by atoms with van der Waals surface area (Å²) in [5.74, 6) is 0.824. The summed E-state index contributed by atoms with van der Waals surface area (Å²) in [5.41, 5.74) is 1.70. The Bertz CT molecular complexity index is 953. The van der Waals surface area contributed by atoms with Crippen molar-refractivity contribution in [3.63, 3.8) is 0 Å². The zero-order valence-corrected chi connectivity index (χ0v) is 15.5. The summed E-state index contributed by atoms with van der Waals surface area (Å²) in [6.07, 6.45) is 1.59. The zero-order valence-electron chi connectivity index (χ0n) is 15.5. The van der Waals surface area contributed by atoms with Crippen LogP contribution in [0.25, 0.3) is 10.9 Å². The van der Waals surface area contributed by atoms with Crippen LogP contribution in [-0.4, -0.2) is 33.7 Å². The van der Waals surface area contributed by atoms with Gasteiger partial charge in [0.25, 0.3) is 0 Å². The van der Waals surface area contributed by atoms with Crippen molar-refractivity contribution in [1.29, 1.82) is 0 Å². The minimum atomic E-state index is -0.350. The van der Waals surface area contributed by atoms with Gasteiger partial charge in [-0.1, -0.05) is 30.3 Å². The molecule has 0 fully saturated rings. The fraction of sp³-hybridized carbons (Fsp3) is 0.263. The first kappa shape index (κ1) is 18.4. The Labute approximate surface area is 157 Å². The normalized spacial score (nSPS) is 11.8. The van der Waals surface area contributed by atoms with E-state index < -0.39 is 0 Å². The number of nitrogens with zero attached hydrogens (tertiary/aromatic N) is 3. The zero-order chi connectivity index (χ0) is 19.4. The number of nitrogens with one attached hydrogen (secondary N) is 3. The first-order valence-electron chi connectivity index (χ1n) is 8.74. The molecule has 0 aliphatic heterocycles. The van der Waals surface area contributed by atoms with Crippen molar-refractivity contribution in [2.24, 2.45) is 0 Å². The topological polar surface area (TPSA) is 103 Å². The van der Waals surface area contributed by atoms with Crippen molar-refractivity contribution >= 4 is 34.5 Å². The van der Waals surface area contributed by atoms with E-state index in [-0.39, 0.29) is 18.0 Å². The van der Waals surface area contributed by atoms with Gasteiger partial charge in [-0.2, -0.15) is 5.10 Å². The number of fused-ring (bicyclic) bond motifs is 1. The quantitative estimate of drug-likeness (QED) is 0.645. The number of amides is 3. The Hall–Kier alpha value is -3.42. The number of aromatic nitrogens is 3. The van der Waals surface area contributed by atoms with Gasteiger partial charge >= 0.3 is 6.03 Å². The highest BCUT2D eigenvalue weighted by Gasteiger charge is 2.17. The molecular formula is C19H22N6O2. The summed E-state index contributed by atoms with van der Waals surface area (Å²) in [7, 11) is 0. The number of carbonyl (C=O) groups excluding carboxylic acids is 2. The Balaban J connectivity index is 1.72. The molecule has 1 unspecified atom stereocenters. The maximum atomic E-state index is 12.2. The van der Waals surface area contributed by atoms with Crippen LogP contribution in [0, 0.1) is 0 Å². The third-order valence-corrected chi connectivity index (χ3v) is 4.27. The SMILES string of the molecule is CCN(C(C)=O)c1n[nH]c2cc(NC(=O)NC(C)c3ccccc3)ncc12. The minimum absolute atomic E-state index is 0.0950. The summed E-state index contributed by atoms with van der Waals surface area (Å²) in [6.45, 7) is 5.79. The second-order valence-electron chi connectivity index (χ2n) is 6.16. The fourth-order valence-electron chi connectivity index (χ4n) is 2.87. The summed E-state index contributed by atoms with van der Waals surface area (Å²) in [5, 5.41) is 13.4. The van der Waals surface area contributed by atoms with E-state index in [2.05, 4.69) is 25.8 Å². The van der Waals surface area contributed by atoms with E-state index in [1.807, 2.05) is 44.2 Å². The minimum Gasteiger partial charge on any atom is -0.331 e. The molecule has 0 saturated carbocycles. The summed E-state index contributed by atoms with van der Waals surface area (Å²) < 4.78 is 0. The number of carbonyl (C=O) groups is 2. The molecule has 3 N–H and O–H groups in total. The number of rotatable bonds is 5. The predicted molar refractivity (Wildman–Crippen MR) is 105 cm³/mol. The smallest absolute Gasteiger partial charge is 0.320 e. The van der Waals surface area contributed by atoms with Gasteiger partial charge in [-0.05, 0) is 19.4 Å². The lowest BCUT2D eigenvalue weighted by Crippen LogP contribution is -2.31. The number of anilines is 2. The van der Waals surface area contributed by atoms with Crippen LogP contribution in [0.15, 0.2) is 42.6 Å². The monoisotopic (exact) mass is 366 g/mol. The highest BCUT2D eigenvalue weighted by molar-refractivity contribution is 6.01. The van der Waals surface area contributed by atoms with E-state index in [0.717, 1.165) is 10.9 Å². The molecule has 0 aliphatic rings. The molecule has 140 valence electrons. The predicted octanol–water partition coefficient (Wildman–Crippen LogP) is 3.21. The van der Waals surface area contributed by atoms with E-state index in [0.29, 0.717) is 23.7 Å². The highest BCUT2D eigenvalue weighted by Crippen LogP contribution is 2.25. The van der Waals surface area contributed by atoms with Crippen molar-refractivity contribution in [2.45, 2.75) is 26.8 Å². The van der Waals surface area contributed by atoms with E-state index in [9.17, 15) is 9.59 Å². The lowest BCUT2D eigenvalue weighted by Gasteiger charge is -2.16. The molecule has 2 heterocycles. The maximum Gasteiger partial charge on any atom is 0.320 e. The maximum absolute atomic E-state index is 12.2. The number of aromatic amines is 1. The van der Waals surface area contributed by atoms with E-state index >= 15 is 0 Å². The molecule has 3 aromatic rings. The molecule has 27 heavy (non-hydrogen) atoms. The summed E-state index contributed by atoms with van der Waals surface area (Å²) in [4.78, 5) is 29.8. The fourth-order valence-corrected chi connectivity index (χ4v) is 2.87. The molecule has 8 heteroatoms. The highest BCUT2D eigenvalue weighted by atomic mass is 16.2. The number of benzene rings is 1. The Morgan fingerprint density at radius 2 is 2.00 bits per heavy atom. The lowest BCUT2D eigenvalue weighted by molar-refractivity contribution is -0.116. The van der Waals surface area contributed by atoms with Gasteiger partial charge in [0, 0.05) is 25.7 Å². The van der Waals surface area contributed by atoms with Gasteiger partial charge in [0.15, 0.2) is 5.82 Å². The summed E-state index contributed by atoms with van der Waals surface area (Å²) in [6, 6.07) is 10.9. The van der Waals surface area contributed by atoms with Crippen LogP contribution in [0.3, 0.4) is 0 Å². The average molecular weight is 366 g/mol. The van der Waals surface area contributed by atoms with Crippen LogP contribution in [-0.2, 0) is 4.79 Å². The van der Waals surface area contributed by atoms with Crippen molar-refractivity contribution in [3.8, 4) is 0 Å². The van der Waals surface area contributed by atoms with E-state index in [1.54, 1.807) is 17.2 Å². The number of hydrogen-bond acceptors (Lipinski definition) is 4. The van der Waals surface area contributed by atoms with Crippen LogP contribution in [0.4, 0.5) is 16.4 Å². The van der Waals surface area contributed by atoms with Gasteiger partial charge in [-0.3, -0.25) is 20.1 Å². The molecule has 0 radical (unpaired) electrons. The van der Waals surface area contributed by atoms with E-state index in [4.69, 9.17) is 0 Å². The van der Waals surface area contributed by atoms with Crippen molar-refractivity contribution in [1.82, 2.24) is 20.5 Å². The molecule has 8 nitrogen and oxygen atoms in total. The van der Waals surface area contributed by atoms with Crippen LogP contribution in [0.2, 0.25) is 0 Å². The number of hydrogen-bond donors (Lipinski definition) is 3. The Morgan fingerprint density at radius 1 is 1.26 bits per heavy atom. The molecule has 3 amide bonds. The molecule has 0 aliphatic carbocycles. The third kappa shape index (κ3) is 4.05. The first-order chi connectivity index (χ1) is 13.0. The van der Waals surface area contributed by atoms with Crippen molar-refractivity contribution in [3.05, 3.63) is 48.2 Å². The largest absolute Gasteiger partial charge is 0.331 e. The number of pyridine rings is 1. The van der Waals surface area contributed by atoms with Gasteiger partial charge in [0.1, 0.15) is 5.82 Å². The average Bonchev–Trinajstić information content (AvgIpc) is 3.05. The Morgan fingerprint density at radius 3 is 2.67 bits per heavy atom. The molecule has 1 atom stereocenters. The van der Waals surface area contributed by atoms with Gasteiger partial charge in [-0.15, -0.1) is 0 Å². The molecular weight excluding hydrogens is 344 g/mol. The van der Waals surface area contributed by atoms with Gasteiger partial charge in [0.05, 0.1) is 16.9 Å².